The second-order valence-corrected chi connectivity index (χ2v) is 8.40. The number of unbranched alkanes of at least 4 members (excludes halogenated alkanes) is 1. The Labute approximate surface area is 206 Å². The van der Waals surface area contributed by atoms with Gasteiger partial charge >= 0.3 is 0 Å². The zero-order valence-corrected chi connectivity index (χ0v) is 22.2. The summed E-state index contributed by atoms with van der Waals surface area (Å²) in [5.41, 5.74) is 7.30. The number of quaternary nitrogens is 2. The highest BCUT2D eigenvalue weighted by Gasteiger charge is 2.20. The largest absolute Gasteiger partial charge is 0.379 e. The van der Waals surface area contributed by atoms with Crippen molar-refractivity contribution >= 4 is 23.4 Å². The van der Waals surface area contributed by atoms with E-state index in [1.165, 1.54) is 0 Å². The van der Waals surface area contributed by atoms with E-state index in [0.29, 0.717) is 52.2 Å². The van der Waals surface area contributed by atoms with E-state index < -0.39 is 6.04 Å². The van der Waals surface area contributed by atoms with Crippen LogP contribution in [0.25, 0.3) is 0 Å². The smallest absolute Gasteiger partial charge is 0.278 e. The summed E-state index contributed by atoms with van der Waals surface area (Å²) in [7, 11) is 0. The van der Waals surface area contributed by atoms with Gasteiger partial charge in [-0.2, -0.15) is 0 Å². The lowest BCUT2D eigenvalue weighted by Crippen LogP contribution is -2.66. The molecule has 10 nitrogen and oxygen atoms in total. The van der Waals surface area contributed by atoms with E-state index in [9.17, 15) is 19.2 Å². The quantitative estimate of drug-likeness (QED) is 0.141. The first-order valence-electron chi connectivity index (χ1n) is 11.5. The van der Waals surface area contributed by atoms with Gasteiger partial charge in [0.05, 0.1) is 19.3 Å². The van der Waals surface area contributed by atoms with Crippen LogP contribution in [0.4, 0.5) is 0 Å². The Morgan fingerprint density at radius 2 is 1.29 bits per heavy atom. The zero-order chi connectivity index (χ0) is 24.5. The van der Waals surface area contributed by atoms with Gasteiger partial charge in [0.25, 0.3) is 5.91 Å². The van der Waals surface area contributed by atoms with E-state index in [-0.39, 0.29) is 62.7 Å². The fourth-order valence-electron chi connectivity index (χ4n) is 2.63. The van der Waals surface area contributed by atoms with Crippen LogP contribution >= 0.6 is 0 Å². The molecule has 202 valence electrons. The molecule has 0 heterocycles. The van der Waals surface area contributed by atoms with Crippen LogP contribution in [0.3, 0.4) is 0 Å². The molecule has 0 aliphatic rings. The molecule has 0 aromatic carbocycles. The number of rotatable bonds is 19. The lowest BCUT2D eigenvalue weighted by atomic mass is 10.0. The number of amides is 2. The topological polar surface area (TPSA) is 166 Å². The monoisotopic (exact) mass is 490 g/mol. The Morgan fingerprint density at radius 1 is 0.735 bits per heavy atom. The van der Waals surface area contributed by atoms with Crippen LogP contribution < -0.4 is 22.1 Å². The van der Waals surface area contributed by atoms with E-state index in [4.69, 9.17) is 9.47 Å². The summed E-state index contributed by atoms with van der Waals surface area (Å²) in [5, 5.41) is 5.46. The van der Waals surface area contributed by atoms with Gasteiger partial charge in [0.2, 0.25) is 5.91 Å². The van der Waals surface area contributed by atoms with E-state index in [1.54, 1.807) is 27.7 Å². The lowest BCUT2D eigenvalue weighted by molar-refractivity contribution is -0.398. The molecule has 4 unspecified atom stereocenters. The van der Waals surface area contributed by atoms with Gasteiger partial charge in [0.15, 0.2) is 17.6 Å². The fourth-order valence-corrected chi connectivity index (χ4v) is 2.63. The van der Waals surface area contributed by atoms with Crippen LogP contribution in [-0.4, -0.2) is 74.5 Å². The van der Waals surface area contributed by atoms with Crippen molar-refractivity contribution < 1.29 is 40.1 Å². The maximum Gasteiger partial charge on any atom is 0.278 e. The van der Waals surface area contributed by atoms with Crippen molar-refractivity contribution in [1.29, 1.82) is 0 Å². The lowest BCUT2D eigenvalue weighted by Gasteiger charge is -2.13. The molecule has 0 saturated carbocycles. The van der Waals surface area contributed by atoms with Gasteiger partial charge in [-0.25, -0.2) is 0 Å². The summed E-state index contributed by atoms with van der Waals surface area (Å²) in [6, 6.07) is -1.17. The van der Waals surface area contributed by atoms with Gasteiger partial charge in [-0.3, -0.25) is 19.2 Å². The number of carbonyl (C=O) groups is 4. The highest BCUT2D eigenvalue weighted by atomic mass is 16.5. The van der Waals surface area contributed by atoms with Crippen LogP contribution in [0.2, 0.25) is 0 Å². The summed E-state index contributed by atoms with van der Waals surface area (Å²) in [6.07, 6.45) is 2.76. The minimum absolute atomic E-state index is 0. The third-order valence-corrected chi connectivity index (χ3v) is 4.89. The van der Waals surface area contributed by atoms with Crippen molar-refractivity contribution in [2.45, 2.75) is 77.9 Å². The van der Waals surface area contributed by atoms with Crippen LogP contribution in [0.1, 0.15) is 59.8 Å². The molecule has 0 bridgehead atoms. The summed E-state index contributed by atoms with van der Waals surface area (Å²) in [6.45, 7) is 9.33. The van der Waals surface area contributed by atoms with E-state index in [1.807, 2.05) is 0 Å². The molecular weight excluding hydrogens is 440 g/mol. The minimum Gasteiger partial charge on any atom is -0.379 e. The van der Waals surface area contributed by atoms with Gasteiger partial charge in [-0.15, -0.1) is 0 Å². The fraction of sp³-hybridized carbons (Fsp3) is 0.750. The Balaban J connectivity index is -0.00000480. The third kappa shape index (κ3) is 18.5. The second-order valence-electron chi connectivity index (χ2n) is 8.40. The first kappa shape index (κ1) is 36.7. The van der Waals surface area contributed by atoms with Gasteiger partial charge in [0.1, 0.15) is 6.04 Å². The number of ether oxygens (including phenoxy) is 2. The molecule has 34 heavy (non-hydrogen) atoms. The maximum atomic E-state index is 12.0. The van der Waals surface area contributed by atoms with Crippen molar-refractivity contribution in [2.24, 2.45) is 5.92 Å². The summed E-state index contributed by atoms with van der Waals surface area (Å²) >= 11 is 0. The zero-order valence-electron chi connectivity index (χ0n) is 22.2. The van der Waals surface area contributed by atoms with Gasteiger partial charge in [0, 0.05) is 38.5 Å². The number of Topliss-reactive ketones (excluding diaryl/α,β-unsaturated/α-hetero) is 2. The highest BCUT2D eigenvalue weighted by Crippen LogP contribution is 2.04. The summed E-state index contributed by atoms with van der Waals surface area (Å²) < 4.78 is 10.9. The minimum atomic E-state index is -0.492. The van der Waals surface area contributed by atoms with Crippen molar-refractivity contribution in [2.75, 3.05) is 33.0 Å². The average molecular weight is 491 g/mol. The van der Waals surface area contributed by atoms with Crippen LogP contribution in [0.5, 0.6) is 0 Å². The molecule has 2 amide bonds. The van der Waals surface area contributed by atoms with Crippen LogP contribution in [0, 0.1) is 20.8 Å². The maximum absolute atomic E-state index is 12.0. The van der Waals surface area contributed by atoms with Gasteiger partial charge < -0.3 is 46.4 Å². The van der Waals surface area contributed by atoms with Crippen LogP contribution in [-0.2, 0) is 28.7 Å². The standard InChI is InChI=1S/C22H42N4O6.2CH3/c1-15(14-20(28)16(2)23)21(29)25-9-7-11-32-13-12-31-10-6-5-8-19(27)18(4)26-22(30)17(3)24;;/h15-18H,5-14,23-24H2,1-4H3,(H,25,29)(H,26,30);2*1H3/q;2*-1/p+2. The number of carbonyl (C=O) groups excluding carboxylic acids is 4. The molecule has 0 aromatic rings. The summed E-state index contributed by atoms with van der Waals surface area (Å²) in [5.74, 6) is -0.704. The Kier molecular flexibility index (Phi) is 23.3. The number of nitrogens with one attached hydrogen (secondary N) is 2. The van der Waals surface area contributed by atoms with E-state index in [0.717, 1.165) is 6.42 Å². The Morgan fingerprint density at radius 3 is 1.82 bits per heavy atom. The molecular formula is C24H50N4O6. The summed E-state index contributed by atoms with van der Waals surface area (Å²) in [4.78, 5) is 47.1. The van der Waals surface area contributed by atoms with Gasteiger partial charge in [-0.05, 0) is 40.0 Å². The highest BCUT2D eigenvalue weighted by molar-refractivity contribution is 5.90. The van der Waals surface area contributed by atoms with Crippen molar-refractivity contribution in [3.8, 4) is 0 Å². The predicted molar refractivity (Wildman–Crippen MR) is 132 cm³/mol. The Bertz CT molecular complexity index is 534. The van der Waals surface area contributed by atoms with Crippen molar-refractivity contribution in [1.82, 2.24) is 10.6 Å². The number of hydrogen-bond acceptors (Lipinski definition) is 6. The first-order chi connectivity index (χ1) is 15.1. The molecule has 8 N–H and O–H groups in total. The molecule has 0 saturated heterocycles. The van der Waals surface area contributed by atoms with Crippen LogP contribution in [0.15, 0.2) is 0 Å². The third-order valence-electron chi connectivity index (χ3n) is 4.89. The molecule has 0 radical (unpaired) electrons. The molecule has 0 spiro atoms. The molecule has 0 aromatic heterocycles. The number of hydrogen-bond donors (Lipinski definition) is 4. The van der Waals surface area contributed by atoms with E-state index in [2.05, 4.69) is 22.1 Å². The second kappa shape index (κ2) is 21.6. The van der Waals surface area contributed by atoms with Gasteiger partial charge in [-0.1, -0.05) is 6.92 Å². The molecule has 0 rings (SSSR count). The number of ketones is 2. The molecule has 4 atom stereocenters. The molecule has 10 heteroatoms. The molecule has 0 aliphatic heterocycles. The SMILES string of the molecule is CC([NH3+])C(=O)CC(C)C(=O)NCCCOCCOCCCCC(=O)C(C)NC(=O)C(C)[NH3+].[CH3-].[CH3-]. The Hall–Kier alpha value is -1.88. The molecule has 0 aliphatic carbocycles. The molecule has 0 fully saturated rings. The van der Waals surface area contributed by atoms with Crippen molar-refractivity contribution in [3.05, 3.63) is 14.9 Å². The average Bonchev–Trinajstić information content (AvgIpc) is 2.73. The van der Waals surface area contributed by atoms with Crippen molar-refractivity contribution in [3.63, 3.8) is 0 Å². The normalized spacial score (nSPS) is 13.9. The van der Waals surface area contributed by atoms with E-state index >= 15 is 0 Å². The first-order valence-corrected chi connectivity index (χ1v) is 11.5. The predicted octanol–water partition coefficient (Wildman–Crippen LogP) is -0.473.